The molecule has 0 amide bonds. The topological polar surface area (TPSA) is 26.3 Å². The standard InChI is InChI=1S/C14H18F2O2/c1-5-14(6-2,18-4)13(17)11-10(15)8-7-9(3)12(11)16/h7-8H,5-6H2,1-4H3. The minimum Gasteiger partial charge on any atom is -0.370 e. The second-order valence-electron chi connectivity index (χ2n) is 4.29. The number of Topliss-reactive ketones (excluding diaryl/α,β-unsaturated/α-hetero) is 1. The second-order valence-corrected chi connectivity index (χ2v) is 4.29. The van der Waals surface area contributed by atoms with E-state index in [1.165, 1.54) is 20.1 Å². The Kier molecular flexibility index (Phi) is 4.57. The van der Waals surface area contributed by atoms with Crippen molar-refractivity contribution in [3.05, 3.63) is 34.9 Å². The number of carbonyl (C=O) groups is 1. The lowest BCUT2D eigenvalue weighted by atomic mass is 9.86. The molecule has 2 nitrogen and oxygen atoms in total. The van der Waals surface area contributed by atoms with E-state index in [9.17, 15) is 13.6 Å². The molecule has 0 atom stereocenters. The van der Waals surface area contributed by atoms with Crippen LogP contribution in [0.1, 0.15) is 42.6 Å². The van der Waals surface area contributed by atoms with Crippen molar-refractivity contribution in [2.45, 2.75) is 39.2 Å². The molecule has 1 rings (SSSR count). The van der Waals surface area contributed by atoms with Gasteiger partial charge in [0.05, 0.1) is 5.56 Å². The van der Waals surface area contributed by atoms with Gasteiger partial charge in [0.25, 0.3) is 0 Å². The van der Waals surface area contributed by atoms with E-state index in [1.807, 2.05) is 0 Å². The van der Waals surface area contributed by atoms with E-state index < -0.39 is 28.6 Å². The van der Waals surface area contributed by atoms with Gasteiger partial charge in [-0.3, -0.25) is 4.79 Å². The van der Waals surface area contributed by atoms with E-state index in [0.29, 0.717) is 12.8 Å². The molecule has 0 fully saturated rings. The van der Waals surface area contributed by atoms with Gasteiger partial charge in [-0.05, 0) is 31.4 Å². The van der Waals surface area contributed by atoms with Gasteiger partial charge >= 0.3 is 0 Å². The van der Waals surface area contributed by atoms with E-state index >= 15 is 0 Å². The number of ketones is 1. The van der Waals surface area contributed by atoms with Crippen LogP contribution in [0.2, 0.25) is 0 Å². The summed E-state index contributed by atoms with van der Waals surface area (Å²) in [6, 6.07) is 2.42. The Bertz CT molecular complexity index is 443. The van der Waals surface area contributed by atoms with Gasteiger partial charge in [-0.2, -0.15) is 0 Å². The summed E-state index contributed by atoms with van der Waals surface area (Å²) in [6.07, 6.45) is 0.733. The first-order valence-corrected chi connectivity index (χ1v) is 5.98. The average Bonchev–Trinajstić information content (AvgIpc) is 2.37. The number of carbonyl (C=O) groups excluding carboxylic acids is 1. The third-order valence-electron chi connectivity index (χ3n) is 3.46. The van der Waals surface area contributed by atoms with E-state index in [0.717, 1.165) is 6.07 Å². The summed E-state index contributed by atoms with van der Waals surface area (Å²) in [5, 5.41) is 0. The molecule has 0 aliphatic rings. The maximum Gasteiger partial charge on any atom is 0.200 e. The Labute approximate surface area is 106 Å². The van der Waals surface area contributed by atoms with Crippen molar-refractivity contribution < 1.29 is 18.3 Å². The van der Waals surface area contributed by atoms with Gasteiger partial charge in [0, 0.05) is 7.11 Å². The number of aryl methyl sites for hydroxylation is 1. The van der Waals surface area contributed by atoms with Crippen LogP contribution in [0.5, 0.6) is 0 Å². The Morgan fingerprint density at radius 2 is 1.83 bits per heavy atom. The Morgan fingerprint density at radius 1 is 1.28 bits per heavy atom. The zero-order valence-electron chi connectivity index (χ0n) is 11.1. The fourth-order valence-electron chi connectivity index (χ4n) is 2.05. The van der Waals surface area contributed by atoms with Crippen LogP contribution in [-0.2, 0) is 4.74 Å². The molecule has 0 bridgehead atoms. The van der Waals surface area contributed by atoms with Gasteiger partial charge in [-0.1, -0.05) is 19.9 Å². The highest BCUT2D eigenvalue weighted by Crippen LogP contribution is 2.28. The van der Waals surface area contributed by atoms with Gasteiger partial charge < -0.3 is 4.74 Å². The largest absolute Gasteiger partial charge is 0.370 e. The van der Waals surface area contributed by atoms with Crippen LogP contribution in [0.15, 0.2) is 12.1 Å². The maximum absolute atomic E-state index is 13.9. The molecular weight excluding hydrogens is 238 g/mol. The summed E-state index contributed by atoms with van der Waals surface area (Å²) < 4.78 is 32.9. The Hall–Kier alpha value is -1.29. The first-order chi connectivity index (χ1) is 8.43. The summed E-state index contributed by atoms with van der Waals surface area (Å²) in [7, 11) is 1.39. The molecule has 0 saturated heterocycles. The number of hydrogen-bond acceptors (Lipinski definition) is 2. The van der Waals surface area contributed by atoms with E-state index in [4.69, 9.17) is 4.74 Å². The molecule has 0 N–H and O–H groups in total. The number of benzene rings is 1. The van der Waals surface area contributed by atoms with Gasteiger partial charge in [-0.25, -0.2) is 8.78 Å². The molecule has 0 saturated carbocycles. The molecule has 0 heterocycles. The molecule has 1 aromatic carbocycles. The van der Waals surface area contributed by atoms with Crippen molar-refractivity contribution in [2.24, 2.45) is 0 Å². The summed E-state index contributed by atoms with van der Waals surface area (Å²) in [5.41, 5.74) is -1.41. The summed E-state index contributed by atoms with van der Waals surface area (Å²) in [5.74, 6) is -2.27. The lowest BCUT2D eigenvalue weighted by Crippen LogP contribution is -2.40. The monoisotopic (exact) mass is 256 g/mol. The van der Waals surface area contributed by atoms with Crippen LogP contribution in [0.25, 0.3) is 0 Å². The molecule has 100 valence electrons. The predicted octanol–water partition coefficient (Wildman–Crippen LogP) is 3.66. The zero-order chi connectivity index (χ0) is 13.9. The highest BCUT2D eigenvalue weighted by Gasteiger charge is 2.38. The smallest absolute Gasteiger partial charge is 0.200 e. The van der Waals surface area contributed by atoms with E-state index in [-0.39, 0.29) is 5.56 Å². The van der Waals surface area contributed by atoms with Gasteiger partial charge in [-0.15, -0.1) is 0 Å². The molecule has 0 aliphatic heterocycles. The van der Waals surface area contributed by atoms with Crippen LogP contribution < -0.4 is 0 Å². The number of hydrogen-bond donors (Lipinski definition) is 0. The average molecular weight is 256 g/mol. The van der Waals surface area contributed by atoms with Gasteiger partial charge in [0.1, 0.15) is 17.2 Å². The minimum absolute atomic E-state index is 0.247. The Morgan fingerprint density at radius 3 is 2.28 bits per heavy atom. The molecule has 0 radical (unpaired) electrons. The SMILES string of the molecule is CCC(CC)(OC)C(=O)c1c(F)ccc(C)c1F. The van der Waals surface area contributed by atoms with Crippen molar-refractivity contribution in [3.63, 3.8) is 0 Å². The molecule has 1 aromatic rings. The lowest BCUT2D eigenvalue weighted by molar-refractivity contribution is -0.00327. The molecule has 0 aromatic heterocycles. The minimum atomic E-state index is -1.16. The van der Waals surface area contributed by atoms with E-state index in [2.05, 4.69) is 0 Å². The molecular formula is C14H18F2O2. The predicted molar refractivity (Wildman–Crippen MR) is 65.7 cm³/mol. The number of methoxy groups -OCH3 is 1. The zero-order valence-corrected chi connectivity index (χ0v) is 11.1. The van der Waals surface area contributed by atoms with Crippen molar-refractivity contribution in [1.82, 2.24) is 0 Å². The molecule has 4 heteroatoms. The van der Waals surface area contributed by atoms with Gasteiger partial charge in [0.15, 0.2) is 5.78 Å². The maximum atomic E-state index is 13.9. The van der Waals surface area contributed by atoms with Crippen molar-refractivity contribution in [3.8, 4) is 0 Å². The number of halogens is 2. The second kappa shape index (κ2) is 5.57. The Balaban J connectivity index is 3.38. The number of rotatable bonds is 5. The van der Waals surface area contributed by atoms with Crippen LogP contribution >= 0.6 is 0 Å². The van der Waals surface area contributed by atoms with Crippen molar-refractivity contribution in [2.75, 3.05) is 7.11 Å². The van der Waals surface area contributed by atoms with Crippen molar-refractivity contribution in [1.29, 1.82) is 0 Å². The highest BCUT2D eigenvalue weighted by molar-refractivity contribution is 6.03. The fraction of sp³-hybridized carbons (Fsp3) is 0.500. The van der Waals surface area contributed by atoms with Crippen LogP contribution in [0, 0.1) is 18.6 Å². The quantitative estimate of drug-likeness (QED) is 0.751. The summed E-state index contributed by atoms with van der Waals surface area (Å²) in [6.45, 7) is 5.02. The first kappa shape index (κ1) is 14.8. The molecule has 0 aliphatic carbocycles. The van der Waals surface area contributed by atoms with Gasteiger partial charge in [0.2, 0.25) is 0 Å². The van der Waals surface area contributed by atoms with E-state index in [1.54, 1.807) is 13.8 Å². The fourth-order valence-corrected chi connectivity index (χ4v) is 2.05. The van der Waals surface area contributed by atoms with Crippen LogP contribution in [0.4, 0.5) is 8.78 Å². The highest BCUT2D eigenvalue weighted by atomic mass is 19.1. The first-order valence-electron chi connectivity index (χ1n) is 5.98. The van der Waals surface area contributed by atoms with Crippen LogP contribution in [0.3, 0.4) is 0 Å². The summed E-state index contributed by atoms with van der Waals surface area (Å²) in [4.78, 5) is 12.3. The van der Waals surface area contributed by atoms with Crippen LogP contribution in [-0.4, -0.2) is 18.5 Å². The lowest BCUT2D eigenvalue weighted by Gasteiger charge is -2.28. The molecule has 18 heavy (non-hydrogen) atoms. The normalized spacial score (nSPS) is 11.7. The summed E-state index contributed by atoms with van der Waals surface area (Å²) >= 11 is 0. The number of ether oxygens (including phenoxy) is 1. The third kappa shape index (κ3) is 2.29. The molecule has 0 spiro atoms. The third-order valence-corrected chi connectivity index (χ3v) is 3.46. The molecule has 0 unspecified atom stereocenters. The van der Waals surface area contributed by atoms with Crippen molar-refractivity contribution >= 4 is 5.78 Å².